The number of hydrogen-bond acceptors (Lipinski definition) is 4. The highest BCUT2D eigenvalue weighted by Crippen LogP contribution is 2.24. The summed E-state index contributed by atoms with van der Waals surface area (Å²) in [5, 5.41) is 13.3. The first-order chi connectivity index (χ1) is 14.5. The lowest BCUT2D eigenvalue weighted by atomic mass is 10.1. The highest BCUT2D eigenvalue weighted by molar-refractivity contribution is 9.10. The van der Waals surface area contributed by atoms with Crippen LogP contribution in [0.4, 0.5) is 4.39 Å². The number of nitriles is 1. The molecule has 5 nitrogen and oxygen atoms in total. The lowest BCUT2D eigenvalue weighted by molar-refractivity contribution is 0.0951. The first kappa shape index (κ1) is 21.5. The number of nitrogens with zero attached hydrogens (tertiary/aromatic N) is 2. The van der Waals surface area contributed by atoms with E-state index in [1.165, 1.54) is 18.3 Å². The van der Waals surface area contributed by atoms with Crippen LogP contribution in [-0.2, 0) is 6.61 Å². The number of halogens is 3. The third kappa shape index (κ3) is 5.44. The average molecular weight is 487 g/mol. The van der Waals surface area contributed by atoms with Gasteiger partial charge in [-0.1, -0.05) is 45.7 Å². The topological polar surface area (TPSA) is 74.5 Å². The van der Waals surface area contributed by atoms with Crippen LogP contribution in [0.5, 0.6) is 5.75 Å². The van der Waals surface area contributed by atoms with Gasteiger partial charge in [0.1, 0.15) is 18.2 Å². The second-order valence-corrected chi connectivity index (χ2v) is 7.39. The molecule has 0 bridgehead atoms. The zero-order valence-electron chi connectivity index (χ0n) is 15.4. The number of hydrogen-bond donors (Lipinski definition) is 1. The Bertz CT molecular complexity index is 1160. The monoisotopic (exact) mass is 485 g/mol. The van der Waals surface area contributed by atoms with Crippen molar-refractivity contribution in [2.75, 3.05) is 0 Å². The van der Waals surface area contributed by atoms with Crippen LogP contribution in [0.1, 0.15) is 27.0 Å². The molecule has 0 unspecified atom stereocenters. The molecule has 0 spiro atoms. The minimum absolute atomic E-state index is 0.127. The highest BCUT2D eigenvalue weighted by atomic mass is 79.9. The van der Waals surface area contributed by atoms with Crippen molar-refractivity contribution in [3.05, 3.63) is 98.2 Å². The van der Waals surface area contributed by atoms with E-state index in [0.29, 0.717) is 16.3 Å². The quantitative estimate of drug-likeness (QED) is 0.371. The number of benzene rings is 3. The van der Waals surface area contributed by atoms with Crippen molar-refractivity contribution >= 4 is 39.7 Å². The largest absolute Gasteiger partial charge is 0.488 e. The molecule has 0 aliphatic heterocycles. The summed E-state index contributed by atoms with van der Waals surface area (Å²) in [6, 6.07) is 18.1. The summed E-state index contributed by atoms with van der Waals surface area (Å²) in [6.07, 6.45) is 1.39. The van der Waals surface area contributed by atoms with Crippen LogP contribution in [0.3, 0.4) is 0 Å². The highest BCUT2D eigenvalue weighted by Gasteiger charge is 2.12. The Morgan fingerprint density at radius 1 is 1.23 bits per heavy atom. The molecule has 0 radical (unpaired) electrons. The van der Waals surface area contributed by atoms with Gasteiger partial charge < -0.3 is 4.74 Å². The molecule has 0 aromatic heterocycles. The molecule has 0 saturated heterocycles. The fourth-order valence-corrected chi connectivity index (χ4v) is 3.08. The van der Waals surface area contributed by atoms with E-state index in [1.54, 1.807) is 18.2 Å². The van der Waals surface area contributed by atoms with Crippen LogP contribution in [0.15, 0.2) is 70.2 Å². The first-order valence-corrected chi connectivity index (χ1v) is 9.84. The zero-order valence-corrected chi connectivity index (χ0v) is 17.7. The van der Waals surface area contributed by atoms with Gasteiger partial charge in [0.25, 0.3) is 5.91 Å². The Balaban J connectivity index is 1.72. The summed E-state index contributed by atoms with van der Waals surface area (Å²) in [5.74, 6) is -1.00. The van der Waals surface area contributed by atoms with Crippen molar-refractivity contribution in [2.24, 2.45) is 5.10 Å². The van der Waals surface area contributed by atoms with Crippen molar-refractivity contribution in [1.29, 1.82) is 5.26 Å². The van der Waals surface area contributed by atoms with Gasteiger partial charge >= 0.3 is 0 Å². The second-order valence-electron chi connectivity index (χ2n) is 6.07. The molecule has 0 saturated carbocycles. The maximum absolute atomic E-state index is 13.9. The van der Waals surface area contributed by atoms with Crippen LogP contribution in [-0.4, -0.2) is 12.1 Å². The Morgan fingerprint density at radius 2 is 2.03 bits per heavy atom. The number of nitrogens with one attached hydrogen (secondary N) is 1. The van der Waals surface area contributed by atoms with Gasteiger partial charge in [-0.25, -0.2) is 9.82 Å². The third-order valence-corrected chi connectivity index (χ3v) is 4.89. The molecule has 0 fully saturated rings. The van der Waals surface area contributed by atoms with Crippen molar-refractivity contribution in [3.63, 3.8) is 0 Å². The number of carbonyl (C=O) groups is 1. The minimum atomic E-state index is -0.798. The fourth-order valence-electron chi connectivity index (χ4n) is 2.51. The lowest BCUT2D eigenvalue weighted by Gasteiger charge is -2.10. The van der Waals surface area contributed by atoms with E-state index in [1.807, 2.05) is 30.3 Å². The van der Waals surface area contributed by atoms with Crippen molar-refractivity contribution < 1.29 is 13.9 Å². The van der Waals surface area contributed by atoms with Crippen molar-refractivity contribution in [1.82, 2.24) is 5.43 Å². The molecule has 1 N–H and O–H groups in total. The Morgan fingerprint density at radius 3 is 2.77 bits per heavy atom. The summed E-state index contributed by atoms with van der Waals surface area (Å²) < 4.78 is 20.6. The van der Waals surface area contributed by atoms with Gasteiger partial charge in [-0.2, -0.15) is 10.4 Å². The van der Waals surface area contributed by atoms with Gasteiger partial charge in [0.15, 0.2) is 0 Å². The summed E-state index contributed by atoms with van der Waals surface area (Å²) in [7, 11) is 0. The van der Waals surface area contributed by atoms with Gasteiger partial charge in [-0.05, 0) is 42.5 Å². The minimum Gasteiger partial charge on any atom is -0.488 e. The Labute approximate surface area is 185 Å². The van der Waals surface area contributed by atoms with Crippen LogP contribution < -0.4 is 10.2 Å². The molecule has 0 aliphatic carbocycles. The molecule has 0 heterocycles. The van der Waals surface area contributed by atoms with E-state index < -0.39 is 11.7 Å². The lowest BCUT2D eigenvalue weighted by Crippen LogP contribution is -2.19. The molecule has 3 aromatic carbocycles. The standard InChI is InChI=1S/C22H14BrClFN3O2/c23-17-6-8-21(30-13-15-3-1-2-4-19(15)24)16(10-17)12-27-28-22(29)18-7-5-14(11-26)9-20(18)25/h1-10,12H,13H2,(H,28,29)/b27-12-. The zero-order chi connectivity index (χ0) is 21.5. The van der Waals surface area contributed by atoms with Crippen LogP contribution >= 0.6 is 27.5 Å². The van der Waals surface area contributed by atoms with E-state index >= 15 is 0 Å². The fraction of sp³-hybridized carbons (Fsp3) is 0.0455. The van der Waals surface area contributed by atoms with Crippen LogP contribution in [0.25, 0.3) is 0 Å². The molecule has 0 aliphatic rings. The Kier molecular flexibility index (Phi) is 7.17. The first-order valence-electron chi connectivity index (χ1n) is 8.66. The smallest absolute Gasteiger partial charge is 0.274 e. The van der Waals surface area contributed by atoms with Gasteiger partial charge in [-0.3, -0.25) is 4.79 Å². The van der Waals surface area contributed by atoms with E-state index in [4.69, 9.17) is 21.6 Å². The second kappa shape index (κ2) is 10.0. The molecule has 0 atom stereocenters. The van der Waals surface area contributed by atoms with Crippen molar-refractivity contribution in [2.45, 2.75) is 6.61 Å². The summed E-state index contributed by atoms with van der Waals surface area (Å²) in [6.45, 7) is 0.255. The van der Waals surface area contributed by atoms with Crippen molar-refractivity contribution in [3.8, 4) is 11.8 Å². The summed E-state index contributed by atoms with van der Waals surface area (Å²) in [4.78, 5) is 12.2. The number of amides is 1. The number of rotatable bonds is 6. The van der Waals surface area contributed by atoms with Crippen LogP contribution in [0, 0.1) is 17.1 Å². The molecule has 30 heavy (non-hydrogen) atoms. The van der Waals surface area contributed by atoms with E-state index in [9.17, 15) is 9.18 Å². The molecular formula is C22H14BrClFN3O2. The maximum Gasteiger partial charge on any atom is 0.274 e. The SMILES string of the molecule is N#Cc1ccc(C(=O)N/N=C\c2cc(Br)ccc2OCc2ccccc2Cl)c(F)c1. The van der Waals surface area contributed by atoms with Gasteiger partial charge in [-0.15, -0.1) is 0 Å². The normalized spacial score (nSPS) is 10.6. The average Bonchev–Trinajstić information content (AvgIpc) is 2.74. The van der Waals surface area contributed by atoms with Gasteiger partial charge in [0, 0.05) is 20.6 Å². The Hall–Kier alpha value is -3.21. The number of hydrazone groups is 1. The predicted molar refractivity (Wildman–Crippen MR) is 116 cm³/mol. The van der Waals surface area contributed by atoms with Crippen LogP contribution in [0.2, 0.25) is 5.02 Å². The summed E-state index contributed by atoms with van der Waals surface area (Å²) >= 11 is 9.54. The maximum atomic E-state index is 13.9. The molecular weight excluding hydrogens is 473 g/mol. The molecule has 3 aromatic rings. The van der Waals surface area contributed by atoms with Gasteiger partial charge in [0.05, 0.1) is 23.4 Å². The molecule has 1 amide bonds. The van der Waals surface area contributed by atoms with E-state index in [0.717, 1.165) is 16.1 Å². The molecule has 8 heteroatoms. The van der Waals surface area contributed by atoms with Gasteiger partial charge in [0.2, 0.25) is 0 Å². The van der Waals surface area contributed by atoms with E-state index in [-0.39, 0.29) is 17.7 Å². The number of ether oxygens (including phenoxy) is 1. The third-order valence-electron chi connectivity index (χ3n) is 4.03. The van der Waals surface area contributed by atoms with E-state index in [2.05, 4.69) is 26.5 Å². The number of carbonyl (C=O) groups excluding carboxylic acids is 1. The summed E-state index contributed by atoms with van der Waals surface area (Å²) in [5.41, 5.74) is 3.61. The molecule has 3 rings (SSSR count). The molecule has 150 valence electrons. The predicted octanol–water partition coefficient (Wildman–Crippen LogP) is 5.46.